The van der Waals surface area contributed by atoms with Crippen LogP contribution in [-0.2, 0) is 14.8 Å². The van der Waals surface area contributed by atoms with Crippen LogP contribution < -0.4 is 20.3 Å². The van der Waals surface area contributed by atoms with Gasteiger partial charge in [0.25, 0.3) is 0 Å². The summed E-state index contributed by atoms with van der Waals surface area (Å²) in [4.78, 5) is 26.6. The van der Waals surface area contributed by atoms with Crippen LogP contribution in [0.2, 0.25) is 0 Å². The Hall–Kier alpha value is -2.72. The second-order valence-corrected chi connectivity index (χ2v) is 10.7. The van der Waals surface area contributed by atoms with Crippen molar-refractivity contribution in [1.29, 1.82) is 0 Å². The van der Waals surface area contributed by atoms with E-state index in [0.29, 0.717) is 23.2 Å². The number of hydrogen-bond donors (Lipinski definition) is 2. The molecule has 2 aromatic rings. The largest absolute Gasteiger partial charge is 0.340 e. The first-order valence-electron chi connectivity index (χ1n) is 10.9. The summed E-state index contributed by atoms with van der Waals surface area (Å²) >= 11 is 0. The number of rotatable bonds is 7. The number of primary sulfonamides is 1. The van der Waals surface area contributed by atoms with E-state index in [2.05, 4.69) is 29.0 Å². The lowest BCUT2D eigenvalue weighted by molar-refractivity contribution is -0.121. The molecule has 3 N–H and O–H groups in total. The number of aromatic nitrogens is 2. The van der Waals surface area contributed by atoms with Crippen LogP contribution in [0.25, 0.3) is 0 Å². The van der Waals surface area contributed by atoms with Crippen LogP contribution in [0.15, 0.2) is 35.4 Å². The molecule has 2 aliphatic rings. The van der Waals surface area contributed by atoms with Crippen molar-refractivity contribution in [2.45, 2.75) is 70.0 Å². The summed E-state index contributed by atoms with van der Waals surface area (Å²) in [5.41, 5.74) is 1.34. The van der Waals surface area contributed by atoms with E-state index in [9.17, 15) is 13.2 Å². The molecule has 1 aliphatic carbocycles. The zero-order valence-electron chi connectivity index (χ0n) is 18.8. The van der Waals surface area contributed by atoms with Gasteiger partial charge in [-0.25, -0.2) is 18.5 Å². The average molecular weight is 459 g/mol. The van der Waals surface area contributed by atoms with Crippen LogP contribution in [-0.4, -0.2) is 42.4 Å². The first-order chi connectivity index (χ1) is 15.1. The van der Waals surface area contributed by atoms with Gasteiger partial charge in [0, 0.05) is 17.8 Å². The summed E-state index contributed by atoms with van der Waals surface area (Å²) < 4.78 is 23.0. The Morgan fingerprint density at radius 2 is 1.78 bits per heavy atom. The first kappa shape index (κ1) is 22.5. The van der Waals surface area contributed by atoms with Crippen molar-refractivity contribution >= 4 is 39.1 Å². The SMILES string of the molecule is CC(C)N1C(=O)C(CC2CC2)N(C(C)C)c2nc(Nc3ccc(S(N)(=O)=O)cc3)ncc21. The second kappa shape index (κ2) is 8.32. The maximum atomic E-state index is 13.5. The van der Waals surface area contributed by atoms with E-state index < -0.39 is 10.0 Å². The Bertz CT molecular complexity index is 1110. The van der Waals surface area contributed by atoms with Gasteiger partial charge in [-0.2, -0.15) is 4.98 Å². The molecule has 0 bridgehead atoms. The minimum atomic E-state index is -3.76. The van der Waals surface area contributed by atoms with Crippen LogP contribution in [0.4, 0.5) is 23.1 Å². The van der Waals surface area contributed by atoms with Crippen molar-refractivity contribution in [3.8, 4) is 0 Å². The Kier molecular flexibility index (Phi) is 5.85. The maximum Gasteiger partial charge on any atom is 0.250 e. The highest BCUT2D eigenvalue weighted by atomic mass is 32.2. The lowest BCUT2D eigenvalue weighted by Crippen LogP contribution is -2.58. The summed E-state index contributed by atoms with van der Waals surface area (Å²) in [6.45, 7) is 8.15. The highest BCUT2D eigenvalue weighted by molar-refractivity contribution is 7.89. The fourth-order valence-corrected chi connectivity index (χ4v) is 4.73. The molecule has 1 aliphatic heterocycles. The number of nitrogens with zero attached hydrogens (tertiary/aromatic N) is 4. The number of nitrogens with two attached hydrogens (primary N) is 1. The van der Waals surface area contributed by atoms with E-state index in [-0.39, 0.29) is 28.9 Å². The number of hydrogen-bond acceptors (Lipinski definition) is 7. The smallest absolute Gasteiger partial charge is 0.250 e. The van der Waals surface area contributed by atoms with E-state index in [0.717, 1.165) is 12.2 Å². The van der Waals surface area contributed by atoms with Gasteiger partial charge < -0.3 is 15.1 Å². The van der Waals surface area contributed by atoms with Gasteiger partial charge in [-0.3, -0.25) is 4.79 Å². The van der Waals surface area contributed by atoms with Crippen molar-refractivity contribution in [2.75, 3.05) is 15.1 Å². The molecule has 1 aromatic carbocycles. The quantitative estimate of drug-likeness (QED) is 0.654. The number of nitrogens with one attached hydrogen (secondary N) is 1. The Morgan fingerprint density at radius 1 is 1.12 bits per heavy atom. The highest BCUT2D eigenvalue weighted by Gasteiger charge is 2.44. The minimum Gasteiger partial charge on any atom is -0.340 e. The predicted molar refractivity (Wildman–Crippen MR) is 124 cm³/mol. The Morgan fingerprint density at radius 3 is 2.31 bits per heavy atom. The van der Waals surface area contributed by atoms with Crippen molar-refractivity contribution in [1.82, 2.24) is 9.97 Å². The third-order valence-electron chi connectivity index (χ3n) is 5.88. The third kappa shape index (κ3) is 4.42. The summed E-state index contributed by atoms with van der Waals surface area (Å²) in [5, 5.41) is 8.30. The topological polar surface area (TPSA) is 122 Å². The molecule has 172 valence electrons. The summed E-state index contributed by atoms with van der Waals surface area (Å²) in [6, 6.07) is 5.93. The van der Waals surface area contributed by atoms with Gasteiger partial charge in [0.05, 0.1) is 11.1 Å². The van der Waals surface area contributed by atoms with Gasteiger partial charge in [0.1, 0.15) is 11.7 Å². The second-order valence-electron chi connectivity index (χ2n) is 9.09. The minimum absolute atomic E-state index is 0.00886. The van der Waals surface area contributed by atoms with Crippen LogP contribution in [0, 0.1) is 5.92 Å². The molecule has 1 atom stereocenters. The maximum absolute atomic E-state index is 13.5. The Labute approximate surface area is 189 Å². The normalized spacial score (nSPS) is 19.0. The molecule has 1 fully saturated rings. The molecule has 0 spiro atoms. The average Bonchev–Trinajstić information content (AvgIpc) is 3.52. The Balaban J connectivity index is 1.70. The third-order valence-corrected chi connectivity index (χ3v) is 6.81. The van der Waals surface area contributed by atoms with Gasteiger partial charge in [0.15, 0.2) is 5.82 Å². The van der Waals surface area contributed by atoms with E-state index in [1.807, 2.05) is 18.7 Å². The number of carbonyl (C=O) groups is 1. The molecule has 0 radical (unpaired) electrons. The standard InChI is InChI=1S/C22H30N6O3S/c1-13(2)27-18(11-15-5-6-15)21(29)28(14(3)4)19-12-24-22(26-20(19)27)25-16-7-9-17(10-8-16)32(23,30)31/h7-10,12-15,18H,5-6,11H2,1-4H3,(H2,23,30,31)(H,24,25,26). The number of sulfonamides is 1. The number of anilines is 4. The molecule has 4 rings (SSSR count). The number of benzene rings is 1. The van der Waals surface area contributed by atoms with Crippen molar-refractivity contribution in [2.24, 2.45) is 11.1 Å². The molecule has 2 heterocycles. The summed E-state index contributed by atoms with van der Waals surface area (Å²) in [5.74, 6) is 1.81. The molecule has 10 heteroatoms. The lowest BCUT2D eigenvalue weighted by Gasteiger charge is -2.45. The van der Waals surface area contributed by atoms with Crippen LogP contribution in [0.1, 0.15) is 47.0 Å². The molecule has 32 heavy (non-hydrogen) atoms. The number of carbonyl (C=O) groups excluding carboxylic acids is 1. The van der Waals surface area contributed by atoms with Crippen LogP contribution in [0.3, 0.4) is 0 Å². The molecule has 1 amide bonds. The zero-order chi connectivity index (χ0) is 23.2. The monoisotopic (exact) mass is 458 g/mol. The molecular formula is C22H30N6O3S. The van der Waals surface area contributed by atoms with E-state index in [1.165, 1.54) is 25.0 Å². The summed E-state index contributed by atoms with van der Waals surface area (Å²) in [6.07, 6.45) is 4.87. The molecule has 0 saturated heterocycles. The van der Waals surface area contributed by atoms with Gasteiger partial charge in [-0.15, -0.1) is 0 Å². The van der Waals surface area contributed by atoms with E-state index >= 15 is 0 Å². The first-order valence-corrected chi connectivity index (χ1v) is 12.5. The van der Waals surface area contributed by atoms with Gasteiger partial charge in [-0.05, 0) is 64.3 Å². The lowest BCUT2D eigenvalue weighted by atomic mass is 10.0. The van der Waals surface area contributed by atoms with Crippen molar-refractivity contribution in [3.63, 3.8) is 0 Å². The fourth-order valence-electron chi connectivity index (χ4n) is 4.21. The van der Waals surface area contributed by atoms with Crippen molar-refractivity contribution < 1.29 is 13.2 Å². The van der Waals surface area contributed by atoms with Gasteiger partial charge in [-0.1, -0.05) is 12.8 Å². The van der Waals surface area contributed by atoms with E-state index in [4.69, 9.17) is 10.1 Å². The predicted octanol–water partition coefficient (Wildman–Crippen LogP) is 3.01. The fraction of sp³-hybridized carbons (Fsp3) is 0.500. The highest BCUT2D eigenvalue weighted by Crippen LogP contribution is 2.42. The molecule has 1 unspecified atom stereocenters. The number of amides is 1. The zero-order valence-corrected chi connectivity index (χ0v) is 19.6. The molecule has 1 saturated carbocycles. The van der Waals surface area contributed by atoms with E-state index in [1.54, 1.807) is 18.3 Å². The van der Waals surface area contributed by atoms with Crippen molar-refractivity contribution in [3.05, 3.63) is 30.5 Å². The summed E-state index contributed by atoms with van der Waals surface area (Å²) in [7, 11) is -3.76. The van der Waals surface area contributed by atoms with Crippen LogP contribution in [0.5, 0.6) is 0 Å². The molecule has 1 aromatic heterocycles. The number of fused-ring (bicyclic) bond motifs is 1. The van der Waals surface area contributed by atoms with Crippen LogP contribution >= 0.6 is 0 Å². The molecule has 9 nitrogen and oxygen atoms in total. The van der Waals surface area contributed by atoms with Gasteiger partial charge >= 0.3 is 0 Å². The molecular weight excluding hydrogens is 428 g/mol. The van der Waals surface area contributed by atoms with Gasteiger partial charge in [0.2, 0.25) is 21.9 Å².